The van der Waals surface area contributed by atoms with Crippen LogP contribution >= 0.6 is 15.9 Å². The number of carbonyl (C=O) groups excluding carboxylic acids is 3. The number of hydrogen-bond donors (Lipinski definition) is 0. The smallest absolute Gasteiger partial charge is 0.421 e. The molecule has 7 nitrogen and oxygen atoms in total. The summed E-state index contributed by atoms with van der Waals surface area (Å²) in [6.45, 7) is 5.54. The highest BCUT2D eigenvalue weighted by molar-refractivity contribution is 9.09. The van der Waals surface area contributed by atoms with Crippen molar-refractivity contribution in [2.75, 3.05) is 17.3 Å². The number of nitrogens with zero attached hydrogens (tertiary/aromatic N) is 2. The lowest BCUT2D eigenvalue weighted by atomic mass is 9.82. The molecule has 3 rings (SSSR count). The molecule has 1 aliphatic carbocycles. The number of methoxy groups -OCH3 is 1. The summed E-state index contributed by atoms with van der Waals surface area (Å²) in [7, 11) is 1.09. The number of halogens is 5. The Morgan fingerprint density at radius 1 is 1.12 bits per heavy atom. The highest BCUT2D eigenvalue weighted by Gasteiger charge is 2.37. The number of Topliss-reactive ketones (excluding diaryl/α,β-unsaturated/α-hetero) is 1. The van der Waals surface area contributed by atoms with Gasteiger partial charge in [0, 0.05) is 36.7 Å². The van der Waals surface area contributed by atoms with Gasteiger partial charge < -0.3 is 14.4 Å². The molecule has 0 N–H and O–H groups in total. The Bertz CT molecular complexity index is 1260. The predicted octanol–water partition coefficient (Wildman–Crippen LogP) is 6.89. The molecular weight excluding hydrogens is 600 g/mol. The summed E-state index contributed by atoms with van der Waals surface area (Å²) in [5, 5.41) is -0.0454. The summed E-state index contributed by atoms with van der Waals surface area (Å²) in [4.78, 5) is 43.0. The molecular formula is C28H31BrF4N2O5. The Morgan fingerprint density at radius 2 is 1.77 bits per heavy atom. The van der Waals surface area contributed by atoms with E-state index in [0.717, 1.165) is 38.3 Å². The van der Waals surface area contributed by atoms with Crippen LogP contribution in [0.25, 0.3) is 0 Å². The number of ketones is 1. The maximum absolute atomic E-state index is 15.4. The Kier molecular flexibility index (Phi) is 10.3. The van der Waals surface area contributed by atoms with E-state index in [1.54, 1.807) is 13.8 Å². The summed E-state index contributed by atoms with van der Waals surface area (Å²) in [6, 6.07) is 2.04. The summed E-state index contributed by atoms with van der Waals surface area (Å²) >= 11 is 2.96. The molecule has 218 valence electrons. The molecule has 1 aromatic carbocycles. The first-order valence-electron chi connectivity index (χ1n) is 12.8. The van der Waals surface area contributed by atoms with E-state index in [4.69, 9.17) is 9.47 Å². The van der Waals surface area contributed by atoms with Gasteiger partial charge in [0.2, 0.25) is 11.8 Å². The first kappa shape index (κ1) is 31.5. The fourth-order valence-corrected chi connectivity index (χ4v) is 4.90. The van der Waals surface area contributed by atoms with E-state index in [-0.39, 0.29) is 46.2 Å². The van der Waals surface area contributed by atoms with Crippen molar-refractivity contribution in [1.29, 1.82) is 0 Å². The van der Waals surface area contributed by atoms with Crippen LogP contribution in [0, 0.1) is 17.7 Å². The van der Waals surface area contributed by atoms with E-state index in [0.29, 0.717) is 24.8 Å². The number of anilines is 1. The Balaban J connectivity index is 2.06. The lowest BCUT2D eigenvalue weighted by molar-refractivity contribution is -0.139. The van der Waals surface area contributed by atoms with Gasteiger partial charge in [0.25, 0.3) is 0 Å². The van der Waals surface area contributed by atoms with E-state index >= 15 is 4.39 Å². The first-order chi connectivity index (χ1) is 18.8. The monoisotopic (exact) mass is 630 g/mol. The highest BCUT2D eigenvalue weighted by Crippen LogP contribution is 2.40. The van der Waals surface area contributed by atoms with Crippen molar-refractivity contribution < 1.29 is 41.4 Å². The van der Waals surface area contributed by atoms with Gasteiger partial charge in [0.1, 0.15) is 11.3 Å². The van der Waals surface area contributed by atoms with Crippen molar-refractivity contribution in [1.82, 2.24) is 4.98 Å². The van der Waals surface area contributed by atoms with Crippen molar-refractivity contribution in [2.24, 2.45) is 11.8 Å². The molecule has 1 aliphatic rings. The van der Waals surface area contributed by atoms with Gasteiger partial charge in [-0.2, -0.15) is 13.2 Å². The Labute approximate surface area is 238 Å². The van der Waals surface area contributed by atoms with E-state index < -0.39 is 41.2 Å². The van der Waals surface area contributed by atoms with Crippen molar-refractivity contribution >= 4 is 39.3 Å². The van der Waals surface area contributed by atoms with Crippen molar-refractivity contribution in [3.8, 4) is 11.6 Å². The third-order valence-corrected chi connectivity index (χ3v) is 7.43. The minimum Gasteiger partial charge on any atom is -0.465 e. The molecule has 1 aromatic heterocycles. The van der Waals surface area contributed by atoms with Gasteiger partial charge in [-0.1, -0.05) is 22.9 Å². The van der Waals surface area contributed by atoms with Gasteiger partial charge in [-0.15, -0.1) is 0 Å². The zero-order chi connectivity index (χ0) is 29.8. The number of hydrogen-bond acceptors (Lipinski definition) is 6. The number of esters is 1. The largest absolute Gasteiger partial charge is 0.465 e. The third kappa shape index (κ3) is 7.38. The molecule has 40 heavy (non-hydrogen) atoms. The van der Waals surface area contributed by atoms with Crippen LogP contribution in [-0.4, -0.2) is 41.1 Å². The first-order valence-corrected chi connectivity index (χ1v) is 13.9. The zero-order valence-corrected chi connectivity index (χ0v) is 24.2. The Hall–Kier alpha value is -3.02. The van der Waals surface area contributed by atoms with E-state index in [1.165, 1.54) is 4.90 Å². The van der Waals surface area contributed by atoms with Gasteiger partial charge >= 0.3 is 12.1 Å². The summed E-state index contributed by atoms with van der Waals surface area (Å²) < 4.78 is 67.0. The van der Waals surface area contributed by atoms with Gasteiger partial charge in [-0.3, -0.25) is 9.59 Å². The maximum atomic E-state index is 15.4. The SMILES string of the molecule is COC(=O)c1cc(Oc2ncc(CC(=O)CBr)cc2C(F)(F)F)c(F)cc1N(C(=O)C1CCC(C)CC1)C(C)C. The van der Waals surface area contributed by atoms with Gasteiger partial charge in [0.05, 0.1) is 23.7 Å². The van der Waals surface area contributed by atoms with E-state index in [1.807, 2.05) is 0 Å². The van der Waals surface area contributed by atoms with Crippen LogP contribution in [0.2, 0.25) is 0 Å². The highest BCUT2D eigenvalue weighted by atomic mass is 79.9. The second kappa shape index (κ2) is 13.1. The number of alkyl halides is 4. The van der Waals surface area contributed by atoms with Crippen molar-refractivity contribution in [3.63, 3.8) is 0 Å². The molecule has 0 atom stereocenters. The number of carbonyl (C=O) groups is 3. The normalized spacial score (nSPS) is 17.4. The van der Waals surface area contributed by atoms with E-state index in [2.05, 4.69) is 27.8 Å². The molecule has 2 aromatic rings. The van der Waals surface area contributed by atoms with Gasteiger partial charge in [-0.25, -0.2) is 14.2 Å². The molecule has 0 unspecified atom stereocenters. The number of amides is 1. The number of pyridine rings is 1. The van der Waals surface area contributed by atoms with Crippen LogP contribution in [0.15, 0.2) is 24.4 Å². The maximum Gasteiger partial charge on any atom is 0.421 e. The molecule has 0 saturated heterocycles. The second-order valence-corrected chi connectivity index (χ2v) is 10.8. The van der Waals surface area contributed by atoms with Crippen LogP contribution < -0.4 is 9.64 Å². The van der Waals surface area contributed by atoms with Crippen molar-refractivity contribution in [3.05, 3.63) is 46.9 Å². The minimum atomic E-state index is -4.93. The number of ether oxygens (including phenoxy) is 2. The van der Waals surface area contributed by atoms with Crippen LogP contribution in [0.5, 0.6) is 11.6 Å². The number of benzene rings is 1. The minimum absolute atomic E-state index is 0.00149. The standard InChI is InChI=1S/C28H31BrF4N2O5/c1-15(2)35(26(37)18-7-5-16(3)6-8-18)23-12-22(30)24(11-20(23)27(38)39-4)40-25-21(28(31,32)33)10-17(14-34-25)9-19(36)13-29/h10-12,14-16,18H,5-9,13H2,1-4H3. The molecule has 1 saturated carbocycles. The molecule has 0 radical (unpaired) electrons. The fourth-order valence-electron chi connectivity index (χ4n) is 4.70. The summed E-state index contributed by atoms with van der Waals surface area (Å²) in [5.41, 5.74) is -1.64. The molecule has 0 spiro atoms. The van der Waals surface area contributed by atoms with E-state index in [9.17, 15) is 27.6 Å². The molecule has 1 fully saturated rings. The Morgan fingerprint density at radius 3 is 2.33 bits per heavy atom. The molecule has 12 heteroatoms. The summed E-state index contributed by atoms with van der Waals surface area (Å²) in [5.74, 6) is -4.15. The zero-order valence-electron chi connectivity index (χ0n) is 22.6. The average Bonchev–Trinajstić information content (AvgIpc) is 2.89. The van der Waals surface area contributed by atoms with Crippen LogP contribution in [0.1, 0.15) is 67.9 Å². The van der Waals surface area contributed by atoms with Gasteiger partial charge in [0.15, 0.2) is 11.6 Å². The third-order valence-electron chi connectivity index (χ3n) is 6.80. The fraction of sp³-hybridized carbons (Fsp3) is 0.500. The second-order valence-electron chi connectivity index (χ2n) is 10.2. The summed E-state index contributed by atoms with van der Waals surface area (Å²) in [6.07, 6.45) is -1.16. The molecule has 0 aliphatic heterocycles. The quantitative estimate of drug-likeness (QED) is 0.170. The molecule has 1 heterocycles. The lowest BCUT2D eigenvalue weighted by Crippen LogP contribution is -2.43. The molecule has 0 bridgehead atoms. The van der Waals surface area contributed by atoms with Gasteiger partial charge in [-0.05, 0) is 57.1 Å². The number of rotatable bonds is 9. The van der Waals surface area contributed by atoms with Crippen LogP contribution in [-0.2, 0) is 26.9 Å². The predicted molar refractivity (Wildman–Crippen MR) is 143 cm³/mol. The molecule has 1 amide bonds. The average molecular weight is 631 g/mol. The number of aromatic nitrogens is 1. The lowest BCUT2D eigenvalue weighted by Gasteiger charge is -2.34. The van der Waals surface area contributed by atoms with Crippen molar-refractivity contribution in [2.45, 2.75) is 65.1 Å². The van der Waals surface area contributed by atoms with Crippen LogP contribution in [0.3, 0.4) is 0 Å². The topological polar surface area (TPSA) is 85.8 Å². The van der Waals surface area contributed by atoms with Crippen LogP contribution in [0.4, 0.5) is 23.2 Å².